The van der Waals surface area contributed by atoms with Crippen molar-refractivity contribution in [1.29, 1.82) is 0 Å². The summed E-state index contributed by atoms with van der Waals surface area (Å²) in [5, 5.41) is 18.9. The van der Waals surface area contributed by atoms with E-state index in [9.17, 15) is 29.4 Å². The van der Waals surface area contributed by atoms with Crippen molar-refractivity contribution < 1.29 is 48.3 Å². The Labute approximate surface area is 503 Å². The number of thioether (sulfide) groups is 4. The molecule has 8 aliphatic rings. The first-order chi connectivity index (χ1) is 38.7. The number of rotatable bonds is 12. The van der Waals surface area contributed by atoms with E-state index in [1.165, 1.54) is 26.4 Å². The predicted octanol–water partition coefficient (Wildman–Crippen LogP) is 13.4. The number of amides is 2. The second kappa shape index (κ2) is 21.0. The molecular weight excluding hydrogens is 1210 g/mol. The van der Waals surface area contributed by atoms with E-state index in [4.69, 9.17) is 43.4 Å². The van der Waals surface area contributed by atoms with Crippen LogP contribution in [0, 0.1) is 5.92 Å². The van der Waals surface area contributed by atoms with Crippen molar-refractivity contribution in [3.8, 4) is 43.2 Å². The zero-order chi connectivity index (χ0) is 54.8. The predicted molar refractivity (Wildman–Crippen MR) is 333 cm³/mol. The molecule has 2 amide bonds. The van der Waals surface area contributed by atoms with E-state index >= 15 is 0 Å². The van der Waals surface area contributed by atoms with Crippen LogP contribution >= 0.6 is 117 Å². The molecule has 2 N–H and O–H groups in total. The third kappa shape index (κ3) is 9.16. The van der Waals surface area contributed by atoms with Gasteiger partial charge in [0, 0.05) is 63.4 Å². The number of likely N-dealkylation sites (tertiary alicyclic amines) is 1. The normalized spacial score (nSPS) is 25.6. The average molecular weight is 1250 g/mol. The van der Waals surface area contributed by atoms with Crippen molar-refractivity contribution in [2.45, 2.75) is 63.4 Å². The highest BCUT2D eigenvalue weighted by Gasteiger charge is 2.49. The van der Waals surface area contributed by atoms with Crippen molar-refractivity contribution in [3.63, 3.8) is 0 Å². The Morgan fingerprint density at radius 1 is 0.775 bits per heavy atom. The van der Waals surface area contributed by atoms with E-state index in [0.717, 1.165) is 89.1 Å². The molecule has 2 aromatic carbocycles. The molecule has 408 valence electrons. The van der Waals surface area contributed by atoms with E-state index in [-0.39, 0.29) is 57.1 Å². The van der Waals surface area contributed by atoms with Crippen molar-refractivity contribution in [1.82, 2.24) is 9.80 Å². The summed E-state index contributed by atoms with van der Waals surface area (Å²) in [6.45, 7) is 5.31. The summed E-state index contributed by atoms with van der Waals surface area (Å²) in [6.07, 6.45) is 11.4. The van der Waals surface area contributed by atoms with Gasteiger partial charge in [0.25, 0.3) is 5.91 Å². The fraction of sp³-hybridized carbons (Fsp3) is 0.298. The number of ether oxygens (including phenoxy) is 4. The summed E-state index contributed by atoms with van der Waals surface area (Å²) < 4.78 is 28.5. The van der Waals surface area contributed by atoms with Gasteiger partial charge in [-0.15, -0.1) is 80.6 Å². The molecule has 0 bridgehead atoms. The van der Waals surface area contributed by atoms with Crippen LogP contribution in [0.15, 0.2) is 106 Å². The number of thiocarbonyl (C=S) groups is 2. The van der Waals surface area contributed by atoms with Crippen LogP contribution in [0.5, 0.6) is 23.0 Å². The number of aliphatic carboxylic acids is 2. The van der Waals surface area contributed by atoms with Crippen LogP contribution in [0.4, 0.5) is 11.4 Å². The summed E-state index contributed by atoms with van der Waals surface area (Å²) >= 11 is 24.4. The first-order valence-corrected chi connectivity index (χ1v) is 33.4. The lowest BCUT2D eigenvalue weighted by atomic mass is 9.97. The maximum atomic E-state index is 13.3. The molecule has 1 aliphatic carbocycles. The van der Waals surface area contributed by atoms with Crippen molar-refractivity contribution in [2.24, 2.45) is 5.92 Å². The Morgan fingerprint density at radius 2 is 1.49 bits per heavy atom. The number of thiophene rings is 4. The van der Waals surface area contributed by atoms with E-state index in [1.54, 1.807) is 57.1 Å². The van der Waals surface area contributed by atoms with Crippen LogP contribution in [0.1, 0.15) is 46.1 Å². The number of nitrogens with zero attached hydrogens (tertiary/aromatic N) is 3. The average Bonchev–Trinajstić information content (AvgIpc) is 4.23. The number of benzene rings is 2. The molecule has 4 aromatic heterocycles. The highest BCUT2D eigenvalue weighted by atomic mass is 32.2. The summed E-state index contributed by atoms with van der Waals surface area (Å²) in [7, 11) is 0. The minimum Gasteiger partial charge on any atom is -0.485 e. The molecular formula is C57H45N3O10S10. The van der Waals surface area contributed by atoms with Gasteiger partial charge in [-0.1, -0.05) is 98.6 Å². The Morgan fingerprint density at radius 3 is 2.23 bits per heavy atom. The lowest BCUT2D eigenvalue weighted by Gasteiger charge is -2.42. The van der Waals surface area contributed by atoms with Crippen LogP contribution in [0.25, 0.3) is 35.2 Å². The number of para-hydroxylation sites is 1. The summed E-state index contributed by atoms with van der Waals surface area (Å²) in [6, 6.07) is 21.7. The molecule has 23 heteroatoms. The topological polar surface area (TPSA) is 155 Å². The SMILES string of the molecule is CC(c1cc2sc(-c3sc(-c4ccc5c(c4)SC4C=C(c6sc(C7SC8C=C(/C=C9/CC(=S)N(CC(=O)O)C9=O)SC8C7C)c7c6OCCO7)C=CC4N5c4ccccc4)c4c3OCCO4)cc2s1)C1SC(=S)N(CC(=O)O)C1=O. The van der Waals surface area contributed by atoms with Gasteiger partial charge in [0.05, 0.1) is 51.6 Å². The summed E-state index contributed by atoms with van der Waals surface area (Å²) in [4.78, 5) is 63.0. The molecule has 6 aromatic rings. The Balaban J connectivity index is 0.751. The first-order valence-electron chi connectivity index (χ1n) is 25.7. The van der Waals surface area contributed by atoms with Gasteiger partial charge < -0.3 is 34.1 Å². The molecule has 0 spiro atoms. The van der Waals surface area contributed by atoms with Gasteiger partial charge in [0.2, 0.25) is 5.91 Å². The molecule has 0 radical (unpaired) electrons. The van der Waals surface area contributed by atoms with E-state index < -0.39 is 30.3 Å². The van der Waals surface area contributed by atoms with Crippen molar-refractivity contribution in [3.05, 3.63) is 116 Å². The van der Waals surface area contributed by atoms with E-state index in [2.05, 4.69) is 96.8 Å². The van der Waals surface area contributed by atoms with Gasteiger partial charge in [-0.05, 0) is 59.5 Å². The van der Waals surface area contributed by atoms with Crippen molar-refractivity contribution in [2.75, 3.05) is 44.4 Å². The molecule has 3 saturated heterocycles. The van der Waals surface area contributed by atoms with Gasteiger partial charge in [-0.25, -0.2) is 0 Å². The second-order valence-corrected chi connectivity index (χ2v) is 30.5. The zero-order valence-corrected chi connectivity index (χ0v) is 50.5. The number of fused-ring (bicyclic) bond motifs is 6. The molecule has 3 fully saturated rings. The largest absolute Gasteiger partial charge is 0.485 e. The van der Waals surface area contributed by atoms with Gasteiger partial charge in [0.1, 0.15) is 43.8 Å². The monoisotopic (exact) mass is 1250 g/mol. The molecule has 8 atom stereocenters. The minimum absolute atomic E-state index is 0.0283. The Hall–Kier alpha value is -5.08. The van der Waals surface area contributed by atoms with E-state index in [1.807, 2.05) is 36.5 Å². The Kier molecular flexibility index (Phi) is 13.9. The zero-order valence-electron chi connectivity index (χ0n) is 42.3. The van der Waals surface area contributed by atoms with Crippen LogP contribution in [-0.2, 0) is 19.2 Å². The maximum Gasteiger partial charge on any atom is 0.323 e. The third-order valence-corrected chi connectivity index (χ3v) is 27.3. The number of hydrogen-bond donors (Lipinski definition) is 2. The number of carboxylic acids is 2. The van der Waals surface area contributed by atoms with E-state index in [0.29, 0.717) is 41.3 Å². The summed E-state index contributed by atoms with van der Waals surface area (Å²) in [5.74, 6) is 0.527. The fourth-order valence-corrected chi connectivity index (χ4v) is 23.6. The van der Waals surface area contributed by atoms with Crippen LogP contribution in [-0.4, -0.2) is 120 Å². The molecule has 11 heterocycles. The number of carbonyl (C=O) groups excluding carboxylic acids is 2. The minimum atomic E-state index is -1.09. The van der Waals surface area contributed by atoms with Crippen LogP contribution < -0.4 is 23.8 Å². The lowest BCUT2D eigenvalue weighted by molar-refractivity contribution is -0.141. The van der Waals surface area contributed by atoms with Crippen LogP contribution in [0.2, 0.25) is 0 Å². The standard InChI is InChI=1S/C57H45N3O10S10/c1-25(50-56(66)59(24-43(63)64)57(72)80-50)34-21-37-38(74-34)22-40(76-37)53-46-44(67-12-14-69-46)51(78-53)27-8-10-32-35(17-27)75-36-18-28(9-11-33(36)60(32)30-6-4-3-5-7-30)52-45-47(70-15-13-68-45)54(79-52)49-26(2)48-39(77-49)20-31(73-48)16-29-19-41(71)58(55(29)65)23-42(61)62/h3-11,16-18,20-22,25-26,33,36,39,48-50H,12-15,19,23-24H2,1-2H3,(H,61,62)(H,63,64)/b29-16-. The molecule has 0 saturated carbocycles. The smallest absolute Gasteiger partial charge is 0.323 e. The number of anilines is 2. The quantitative estimate of drug-likeness (QED) is 0.0881. The van der Waals surface area contributed by atoms with Gasteiger partial charge in [-0.3, -0.25) is 29.0 Å². The molecule has 8 unspecified atom stereocenters. The number of hydrogen-bond acceptors (Lipinski definition) is 19. The molecule has 14 rings (SSSR count). The van der Waals surface area contributed by atoms with Gasteiger partial charge in [-0.2, -0.15) is 0 Å². The number of carbonyl (C=O) groups is 4. The highest BCUT2D eigenvalue weighted by molar-refractivity contribution is 8.24. The Bertz CT molecular complexity index is 3770. The fourth-order valence-electron chi connectivity index (χ4n) is 11.4. The molecule has 7 aliphatic heterocycles. The maximum absolute atomic E-state index is 13.3. The van der Waals surface area contributed by atoms with Crippen molar-refractivity contribution >= 4 is 176 Å². The van der Waals surface area contributed by atoms with Gasteiger partial charge >= 0.3 is 11.9 Å². The molecule has 80 heavy (non-hydrogen) atoms. The first kappa shape index (κ1) is 53.0. The molecule has 13 nitrogen and oxygen atoms in total. The van der Waals surface area contributed by atoms with Gasteiger partial charge in [0.15, 0.2) is 23.0 Å². The number of carboxylic acid groups (broad SMARTS) is 2. The lowest BCUT2D eigenvalue weighted by Crippen LogP contribution is -2.41. The highest BCUT2D eigenvalue weighted by Crippen LogP contribution is 2.64. The summed E-state index contributed by atoms with van der Waals surface area (Å²) in [5.41, 5.74) is 4.92. The van der Waals surface area contributed by atoms with Crippen LogP contribution in [0.3, 0.4) is 0 Å². The third-order valence-electron chi connectivity index (χ3n) is 15.2. The second-order valence-electron chi connectivity index (χ2n) is 20.2. The number of allylic oxidation sites excluding steroid dienone is 3.